The molecule has 2 nitrogen and oxygen atoms in total. The molecule has 1 unspecified atom stereocenters. The first-order chi connectivity index (χ1) is 8.83. The Hall–Kier alpha value is -0.540. The first kappa shape index (κ1) is 12.5. The lowest BCUT2D eigenvalue weighted by Crippen LogP contribution is -2.33. The van der Waals surface area contributed by atoms with Gasteiger partial charge >= 0.3 is 0 Å². The Kier molecular flexibility index (Phi) is 3.62. The Labute approximate surface area is 117 Å². The zero-order chi connectivity index (χ0) is 12.4. The van der Waals surface area contributed by atoms with Crippen molar-refractivity contribution in [2.75, 3.05) is 25.2 Å². The molecule has 3 heteroatoms. The number of fused-ring (bicyclic) bond motifs is 1. The lowest BCUT2D eigenvalue weighted by atomic mass is 9.74. The van der Waals surface area contributed by atoms with E-state index in [0.29, 0.717) is 11.3 Å². The van der Waals surface area contributed by atoms with Crippen LogP contribution in [0.2, 0.25) is 0 Å². The normalized spacial score (nSPS) is 25.5. The van der Waals surface area contributed by atoms with Crippen molar-refractivity contribution in [3.8, 4) is 5.75 Å². The molecule has 1 fully saturated rings. The molecule has 0 aromatic heterocycles. The van der Waals surface area contributed by atoms with Crippen molar-refractivity contribution in [3.05, 3.63) is 29.8 Å². The lowest BCUT2D eigenvalue weighted by molar-refractivity contribution is 0.0185. The van der Waals surface area contributed by atoms with Crippen LogP contribution in [0, 0.1) is 5.41 Å². The van der Waals surface area contributed by atoms with E-state index in [0.717, 1.165) is 43.7 Å². The minimum absolute atomic E-state index is 0.393. The summed E-state index contributed by atoms with van der Waals surface area (Å²) in [6, 6.07) is 8.47. The van der Waals surface area contributed by atoms with Crippen LogP contribution < -0.4 is 4.74 Å². The number of ether oxygens (including phenoxy) is 2. The third-order valence-electron chi connectivity index (χ3n) is 4.32. The number of hydrogen-bond donors (Lipinski definition) is 0. The highest BCUT2D eigenvalue weighted by molar-refractivity contribution is 9.09. The van der Waals surface area contributed by atoms with Crippen LogP contribution in [0.25, 0.3) is 0 Å². The predicted molar refractivity (Wildman–Crippen MR) is 75.6 cm³/mol. The van der Waals surface area contributed by atoms with E-state index in [4.69, 9.17) is 9.47 Å². The molecule has 18 heavy (non-hydrogen) atoms. The average molecular weight is 311 g/mol. The Morgan fingerprint density at radius 1 is 1.22 bits per heavy atom. The van der Waals surface area contributed by atoms with Crippen LogP contribution in [-0.4, -0.2) is 25.2 Å². The molecule has 0 spiro atoms. The maximum atomic E-state index is 5.80. The van der Waals surface area contributed by atoms with Crippen molar-refractivity contribution in [2.45, 2.75) is 25.2 Å². The molecule has 2 aliphatic heterocycles. The zero-order valence-corrected chi connectivity index (χ0v) is 12.1. The first-order valence-corrected chi connectivity index (χ1v) is 7.81. The molecule has 1 atom stereocenters. The summed E-state index contributed by atoms with van der Waals surface area (Å²) >= 11 is 3.72. The standard InChI is InChI=1S/C15H19BrO2/c16-11-15(5-7-17-8-6-15)9-12-10-18-14-4-2-1-3-13(12)14/h1-4,12H,5-11H2. The third kappa shape index (κ3) is 2.30. The average Bonchev–Trinajstić information content (AvgIpc) is 2.83. The van der Waals surface area contributed by atoms with Gasteiger partial charge in [0.1, 0.15) is 5.75 Å². The molecule has 0 N–H and O–H groups in total. The van der Waals surface area contributed by atoms with Gasteiger partial charge < -0.3 is 9.47 Å². The largest absolute Gasteiger partial charge is 0.493 e. The summed E-state index contributed by atoms with van der Waals surface area (Å²) in [5, 5.41) is 1.07. The molecular weight excluding hydrogens is 292 g/mol. The molecule has 0 bridgehead atoms. The van der Waals surface area contributed by atoms with Crippen LogP contribution in [-0.2, 0) is 4.74 Å². The second-order valence-corrected chi connectivity index (χ2v) is 6.06. The van der Waals surface area contributed by atoms with E-state index in [1.165, 1.54) is 12.0 Å². The second kappa shape index (κ2) is 5.22. The Bertz CT molecular complexity index is 413. The highest BCUT2D eigenvalue weighted by Gasteiger charge is 2.37. The highest BCUT2D eigenvalue weighted by atomic mass is 79.9. The fraction of sp³-hybridized carbons (Fsp3) is 0.600. The summed E-state index contributed by atoms with van der Waals surface area (Å²) in [5.74, 6) is 1.64. The molecule has 1 aromatic rings. The molecule has 1 aromatic carbocycles. The number of alkyl halides is 1. The lowest BCUT2D eigenvalue weighted by Gasteiger charge is -2.37. The van der Waals surface area contributed by atoms with Gasteiger partial charge in [0.05, 0.1) is 6.61 Å². The van der Waals surface area contributed by atoms with E-state index in [1.807, 2.05) is 0 Å². The van der Waals surface area contributed by atoms with Gasteiger partial charge in [0.2, 0.25) is 0 Å². The van der Waals surface area contributed by atoms with Gasteiger partial charge in [0, 0.05) is 30.0 Å². The second-order valence-electron chi connectivity index (χ2n) is 5.50. The van der Waals surface area contributed by atoms with E-state index in [-0.39, 0.29) is 0 Å². The maximum absolute atomic E-state index is 5.80. The first-order valence-electron chi connectivity index (χ1n) is 6.68. The van der Waals surface area contributed by atoms with Crippen LogP contribution in [0.15, 0.2) is 24.3 Å². The van der Waals surface area contributed by atoms with E-state index in [9.17, 15) is 0 Å². The van der Waals surface area contributed by atoms with E-state index in [2.05, 4.69) is 40.2 Å². The molecule has 3 rings (SSSR count). The van der Waals surface area contributed by atoms with Crippen LogP contribution in [0.1, 0.15) is 30.7 Å². The van der Waals surface area contributed by atoms with E-state index >= 15 is 0 Å². The molecule has 2 heterocycles. The van der Waals surface area contributed by atoms with Crippen molar-refractivity contribution in [1.29, 1.82) is 0 Å². The Morgan fingerprint density at radius 2 is 2.00 bits per heavy atom. The van der Waals surface area contributed by atoms with Gasteiger partial charge in [0.25, 0.3) is 0 Å². The number of halogens is 1. The molecule has 0 aliphatic carbocycles. The van der Waals surface area contributed by atoms with Gasteiger partial charge in [-0.2, -0.15) is 0 Å². The van der Waals surface area contributed by atoms with Crippen LogP contribution in [0.3, 0.4) is 0 Å². The van der Waals surface area contributed by atoms with Crippen LogP contribution >= 0.6 is 15.9 Å². The van der Waals surface area contributed by atoms with Crippen LogP contribution in [0.4, 0.5) is 0 Å². The minimum Gasteiger partial charge on any atom is -0.493 e. The fourth-order valence-electron chi connectivity index (χ4n) is 3.12. The summed E-state index contributed by atoms with van der Waals surface area (Å²) in [6.45, 7) is 2.65. The van der Waals surface area contributed by atoms with Gasteiger partial charge in [-0.05, 0) is 30.7 Å². The monoisotopic (exact) mass is 310 g/mol. The van der Waals surface area contributed by atoms with Crippen molar-refractivity contribution < 1.29 is 9.47 Å². The molecule has 0 saturated carbocycles. The molecule has 0 amide bonds. The predicted octanol–water partition coefficient (Wildman–Crippen LogP) is 3.74. The maximum Gasteiger partial charge on any atom is 0.122 e. The number of hydrogen-bond acceptors (Lipinski definition) is 2. The zero-order valence-electron chi connectivity index (χ0n) is 10.5. The molecular formula is C15H19BrO2. The SMILES string of the molecule is BrCC1(CC2COc3ccccc32)CCOCC1. The fourth-order valence-corrected chi connectivity index (χ4v) is 3.91. The third-order valence-corrected chi connectivity index (χ3v) is 5.50. The minimum atomic E-state index is 0.393. The molecule has 1 saturated heterocycles. The molecule has 98 valence electrons. The number of rotatable bonds is 3. The smallest absolute Gasteiger partial charge is 0.122 e. The van der Waals surface area contributed by atoms with E-state index < -0.39 is 0 Å². The van der Waals surface area contributed by atoms with Gasteiger partial charge in [-0.25, -0.2) is 0 Å². The number of benzene rings is 1. The Balaban J connectivity index is 1.77. The highest BCUT2D eigenvalue weighted by Crippen LogP contribution is 2.45. The van der Waals surface area contributed by atoms with Gasteiger partial charge in [0.15, 0.2) is 0 Å². The van der Waals surface area contributed by atoms with Gasteiger partial charge in [-0.1, -0.05) is 34.1 Å². The Morgan fingerprint density at radius 3 is 2.78 bits per heavy atom. The van der Waals surface area contributed by atoms with Gasteiger partial charge in [-0.3, -0.25) is 0 Å². The summed E-state index contributed by atoms with van der Waals surface area (Å²) in [6.07, 6.45) is 3.53. The van der Waals surface area contributed by atoms with Crippen molar-refractivity contribution in [2.24, 2.45) is 5.41 Å². The van der Waals surface area contributed by atoms with Crippen molar-refractivity contribution >= 4 is 15.9 Å². The summed E-state index contributed by atoms with van der Waals surface area (Å²) in [5.41, 5.74) is 1.79. The van der Waals surface area contributed by atoms with Gasteiger partial charge in [-0.15, -0.1) is 0 Å². The van der Waals surface area contributed by atoms with E-state index in [1.54, 1.807) is 0 Å². The van der Waals surface area contributed by atoms with Crippen molar-refractivity contribution in [1.82, 2.24) is 0 Å². The van der Waals surface area contributed by atoms with Crippen LogP contribution in [0.5, 0.6) is 5.75 Å². The summed E-state index contributed by atoms with van der Waals surface area (Å²) in [7, 11) is 0. The summed E-state index contributed by atoms with van der Waals surface area (Å²) in [4.78, 5) is 0. The summed E-state index contributed by atoms with van der Waals surface area (Å²) < 4.78 is 11.3. The number of para-hydroxylation sites is 1. The van der Waals surface area contributed by atoms with Crippen molar-refractivity contribution in [3.63, 3.8) is 0 Å². The quantitative estimate of drug-likeness (QED) is 0.792. The molecule has 2 aliphatic rings. The molecule has 0 radical (unpaired) electrons. The topological polar surface area (TPSA) is 18.5 Å².